The number of aromatic nitrogens is 2. The molecule has 1 saturated carbocycles. The number of rotatable bonds is 5. The number of fused-ring (bicyclic) bond motifs is 3. The van der Waals surface area contributed by atoms with Gasteiger partial charge in [0, 0.05) is 23.0 Å². The van der Waals surface area contributed by atoms with Gasteiger partial charge in [0.1, 0.15) is 17.0 Å². The van der Waals surface area contributed by atoms with Crippen LogP contribution in [0.2, 0.25) is 0 Å². The van der Waals surface area contributed by atoms with Crippen molar-refractivity contribution in [2.24, 2.45) is 0 Å². The third kappa shape index (κ3) is 3.86. The maximum absolute atomic E-state index is 12.4. The number of carbonyl (C=O) groups is 1. The lowest BCUT2D eigenvalue weighted by atomic mass is 9.97. The van der Waals surface area contributed by atoms with E-state index in [4.69, 9.17) is 0 Å². The molecule has 2 aliphatic rings. The molecule has 150 valence electrons. The van der Waals surface area contributed by atoms with Crippen molar-refractivity contribution in [3.63, 3.8) is 0 Å². The Kier molecular flexibility index (Phi) is 5.19. The molecule has 29 heavy (non-hydrogen) atoms. The van der Waals surface area contributed by atoms with Crippen LogP contribution in [0.4, 0.5) is 5.82 Å². The first-order chi connectivity index (χ1) is 14.3. The highest BCUT2D eigenvalue weighted by molar-refractivity contribution is 7.19. The van der Waals surface area contributed by atoms with Crippen LogP contribution in [-0.4, -0.2) is 21.9 Å². The molecule has 3 aromatic rings. The molecule has 2 aliphatic carbocycles. The maximum atomic E-state index is 12.4. The predicted molar refractivity (Wildman–Crippen MR) is 118 cm³/mol. The molecular formula is C23H26N4OS. The van der Waals surface area contributed by atoms with Crippen molar-refractivity contribution in [1.82, 2.24) is 15.3 Å². The Morgan fingerprint density at radius 3 is 2.66 bits per heavy atom. The largest absolute Gasteiger partial charge is 0.365 e. The Morgan fingerprint density at radius 2 is 1.83 bits per heavy atom. The number of nitrogens with zero attached hydrogens (tertiary/aromatic N) is 2. The minimum absolute atomic E-state index is 0.0406. The van der Waals surface area contributed by atoms with Gasteiger partial charge < -0.3 is 10.6 Å². The fourth-order valence-electron chi connectivity index (χ4n) is 4.52. The van der Waals surface area contributed by atoms with Crippen molar-refractivity contribution in [2.45, 2.75) is 64.0 Å². The van der Waals surface area contributed by atoms with E-state index in [-0.39, 0.29) is 5.91 Å². The molecule has 1 amide bonds. The molecule has 0 spiro atoms. The summed E-state index contributed by atoms with van der Waals surface area (Å²) in [6, 6.07) is 8.24. The SMILES string of the molecule is O=C(NC1CCCC1)c1ccc(CNc2ncnc3sc4c(c23)CCCC4)cc1. The summed E-state index contributed by atoms with van der Waals surface area (Å²) in [5, 5.41) is 7.86. The summed E-state index contributed by atoms with van der Waals surface area (Å²) in [5.41, 5.74) is 3.31. The normalized spacial score (nSPS) is 16.7. The van der Waals surface area contributed by atoms with Gasteiger partial charge in [-0.25, -0.2) is 9.97 Å². The first kappa shape index (κ1) is 18.6. The van der Waals surface area contributed by atoms with Crippen LogP contribution in [0, 0.1) is 0 Å². The third-order valence-corrected chi connectivity index (χ3v) is 7.32. The minimum Gasteiger partial charge on any atom is -0.365 e. The maximum Gasteiger partial charge on any atom is 0.251 e. The van der Waals surface area contributed by atoms with Crippen LogP contribution < -0.4 is 10.6 Å². The van der Waals surface area contributed by atoms with E-state index in [0.29, 0.717) is 12.6 Å². The van der Waals surface area contributed by atoms with Crippen LogP contribution in [0.15, 0.2) is 30.6 Å². The number of hydrogen-bond donors (Lipinski definition) is 2. The van der Waals surface area contributed by atoms with E-state index in [2.05, 4.69) is 20.6 Å². The molecule has 1 aromatic carbocycles. The highest BCUT2D eigenvalue weighted by Gasteiger charge is 2.20. The van der Waals surface area contributed by atoms with Crippen LogP contribution in [-0.2, 0) is 19.4 Å². The van der Waals surface area contributed by atoms with Gasteiger partial charge in [-0.1, -0.05) is 25.0 Å². The topological polar surface area (TPSA) is 66.9 Å². The van der Waals surface area contributed by atoms with Gasteiger partial charge in [-0.2, -0.15) is 0 Å². The Balaban J connectivity index is 1.28. The molecule has 5 nitrogen and oxygen atoms in total. The van der Waals surface area contributed by atoms with Crippen molar-refractivity contribution in [3.05, 3.63) is 52.2 Å². The monoisotopic (exact) mass is 406 g/mol. The van der Waals surface area contributed by atoms with Gasteiger partial charge in [0.2, 0.25) is 0 Å². The van der Waals surface area contributed by atoms with Gasteiger partial charge in [0.05, 0.1) is 5.39 Å². The molecule has 0 aliphatic heterocycles. The van der Waals surface area contributed by atoms with Crippen LogP contribution >= 0.6 is 11.3 Å². The number of hydrogen-bond acceptors (Lipinski definition) is 5. The Hall–Kier alpha value is -2.47. The average Bonchev–Trinajstić information content (AvgIpc) is 3.40. The van der Waals surface area contributed by atoms with E-state index < -0.39 is 0 Å². The van der Waals surface area contributed by atoms with Gasteiger partial charge in [-0.05, 0) is 61.8 Å². The van der Waals surface area contributed by atoms with E-state index in [0.717, 1.165) is 41.0 Å². The molecule has 0 atom stereocenters. The van der Waals surface area contributed by atoms with E-state index in [1.165, 1.54) is 47.9 Å². The highest BCUT2D eigenvalue weighted by atomic mass is 32.1. The molecule has 6 heteroatoms. The van der Waals surface area contributed by atoms with Crippen molar-refractivity contribution < 1.29 is 4.79 Å². The smallest absolute Gasteiger partial charge is 0.251 e. The first-order valence-corrected chi connectivity index (χ1v) is 11.5. The van der Waals surface area contributed by atoms with Gasteiger partial charge in [-0.15, -0.1) is 11.3 Å². The zero-order chi connectivity index (χ0) is 19.6. The van der Waals surface area contributed by atoms with Crippen molar-refractivity contribution in [1.29, 1.82) is 0 Å². The van der Waals surface area contributed by atoms with E-state index >= 15 is 0 Å². The number of carbonyl (C=O) groups excluding carboxylic acids is 1. The summed E-state index contributed by atoms with van der Waals surface area (Å²) in [5.74, 6) is 0.969. The molecule has 0 saturated heterocycles. The lowest BCUT2D eigenvalue weighted by molar-refractivity contribution is 0.0938. The van der Waals surface area contributed by atoms with E-state index in [1.54, 1.807) is 6.33 Å². The lowest BCUT2D eigenvalue weighted by Crippen LogP contribution is -2.32. The van der Waals surface area contributed by atoms with Gasteiger partial charge in [0.15, 0.2) is 0 Å². The zero-order valence-electron chi connectivity index (χ0n) is 16.5. The molecule has 0 bridgehead atoms. The number of aryl methyl sites for hydroxylation is 2. The molecule has 1 fully saturated rings. The lowest BCUT2D eigenvalue weighted by Gasteiger charge is -2.13. The molecule has 5 rings (SSSR count). The van der Waals surface area contributed by atoms with Crippen molar-refractivity contribution >= 4 is 33.3 Å². The fraction of sp³-hybridized carbons (Fsp3) is 0.435. The Morgan fingerprint density at radius 1 is 1.03 bits per heavy atom. The molecule has 2 aromatic heterocycles. The predicted octanol–water partition coefficient (Wildman–Crippen LogP) is 4.85. The minimum atomic E-state index is 0.0406. The summed E-state index contributed by atoms with van der Waals surface area (Å²) in [6.45, 7) is 0.682. The van der Waals surface area contributed by atoms with Crippen molar-refractivity contribution in [2.75, 3.05) is 5.32 Å². The van der Waals surface area contributed by atoms with Crippen molar-refractivity contribution in [3.8, 4) is 0 Å². The van der Waals surface area contributed by atoms with Gasteiger partial charge in [-0.3, -0.25) is 4.79 Å². The van der Waals surface area contributed by atoms with E-state index in [1.807, 2.05) is 35.6 Å². The zero-order valence-corrected chi connectivity index (χ0v) is 17.4. The van der Waals surface area contributed by atoms with Crippen LogP contribution in [0.25, 0.3) is 10.2 Å². The fourth-order valence-corrected chi connectivity index (χ4v) is 5.75. The summed E-state index contributed by atoms with van der Waals surface area (Å²) in [7, 11) is 0. The summed E-state index contributed by atoms with van der Waals surface area (Å²) >= 11 is 1.82. The quantitative estimate of drug-likeness (QED) is 0.635. The Labute approximate surface area is 175 Å². The molecule has 0 radical (unpaired) electrons. The second kappa shape index (κ2) is 8.11. The Bertz CT molecular complexity index is 1020. The van der Waals surface area contributed by atoms with Crippen LogP contribution in [0.1, 0.15) is 64.9 Å². The van der Waals surface area contributed by atoms with E-state index in [9.17, 15) is 4.79 Å². The molecule has 0 unspecified atom stereocenters. The summed E-state index contributed by atoms with van der Waals surface area (Å²) < 4.78 is 0. The number of thiophene rings is 1. The second-order valence-corrected chi connectivity index (χ2v) is 9.20. The number of anilines is 1. The number of nitrogens with one attached hydrogen (secondary N) is 2. The standard InChI is InChI=1S/C23H26N4OS/c28-22(27-17-5-1-2-6-17)16-11-9-15(10-12-16)13-24-21-20-18-7-3-4-8-19(18)29-23(20)26-14-25-21/h9-12,14,17H,1-8,13H2,(H,27,28)(H,24,25,26). The van der Waals surface area contributed by atoms with Crippen LogP contribution in [0.5, 0.6) is 0 Å². The average molecular weight is 407 g/mol. The molecule has 2 N–H and O–H groups in total. The first-order valence-electron chi connectivity index (χ1n) is 10.7. The van der Waals surface area contributed by atoms with Crippen LogP contribution in [0.3, 0.4) is 0 Å². The summed E-state index contributed by atoms with van der Waals surface area (Å²) in [6.07, 6.45) is 11.1. The third-order valence-electron chi connectivity index (χ3n) is 6.12. The van der Waals surface area contributed by atoms with Gasteiger partial charge in [0.25, 0.3) is 5.91 Å². The second-order valence-electron chi connectivity index (χ2n) is 8.12. The summed E-state index contributed by atoms with van der Waals surface area (Å²) in [4.78, 5) is 24.0. The van der Waals surface area contributed by atoms with Gasteiger partial charge >= 0.3 is 0 Å². The molecule has 2 heterocycles. The molecular weight excluding hydrogens is 380 g/mol. The number of amides is 1. The highest BCUT2D eigenvalue weighted by Crippen LogP contribution is 2.38. The number of benzene rings is 1.